The van der Waals surface area contributed by atoms with E-state index in [1.54, 1.807) is 0 Å². The number of hydrogen-bond donors (Lipinski definition) is 2. The molecule has 4 nitrogen and oxygen atoms in total. The summed E-state index contributed by atoms with van der Waals surface area (Å²) in [6.45, 7) is 7.05. The minimum atomic E-state index is 0.237. The van der Waals surface area contributed by atoms with Crippen LogP contribution in [0.25, 0.3) is 0 Å². The molecule has 4 heteroatoms. The standard InChI is InChI=1S/C12H25N3O/c1-15-4-2-3-11(6-15)5-14-8-12(7-13)9-16-10-12/h11,14H,2-10,13H2,1H3. The summed E-state index contributed by atoms with van der Waals surface area (Å²) in [5.41, 5.74) is 6.02. The van der Waals surface area contributed by atoms with Crippen LogP contribution >= 0.6 is 0 Å². The van der Waals surface area contributed by atoms with Crippen LogP contribution < -0.4 is 11.1 Å². The van der Waals surface area contributed by atoms with Crippen LogP contribution in [0, 0.1) is 11.3 Å². The largest absolute Gasteiger partial charge is 0.380 e. The van der Waals surface area contributed by atoms with Gasteiger partial charge < -0.3 is 20.7 Å². The Morgan fingerprint density at radius 2 is 2.31 bits per heavy atom. The lowest BCUT2D eigenvalue weighted by atomic mass is 9.86. The number of hydrogen-bond acceptors (Lipinski definition) is 4. The van der Waals surface area contributed by atoms with Gasteiger partial charge in [0.2, 0.25) is 0 Å². The lowest BCUT2D eigenvalue weighted by Gasteiger charge is -2.41. The van der Waals surface area contributed by atoms with Crippen molar-refractivity contribution >= 4 is 0 Å². The van der Waals surface area contributed by atoms with Crippen molar-refractivity contribution in [3.8, 4) is 0 Å². The van der Waals surface area contributed by atoms with Crippen molar-refractivity contribution in [3.05, 3.63) is 0 Å². The Balaban J connectivity index is 1.63. The van der Waals surface area contributed by atoms with E-state index >= 15 is 0 Å². The molecule has 0 aromatic heterocycles. The first-order chi connectivity index (χ1) is 7.74. The van der Waals surface area contributed by atoms with E-state index in [9.17, 15) is 0 Å². The smallest absolute Gasteiger partial charge is 0.0569 e. The molecular weight excluding hydrogens is 202 g/mol. The summed E-state index contributed by atoms with van der Waals surface area (Å²) >= 11 is 0. The van der Waals surface area contributed by atoms with Crippen LogP contribution in [0.5, 0.6) is 0 Å². The second-order valence-electron chi connectivity index (χ2n) is 5.60. The third-order valence-electron chi connectivity index (χ3n) is 3.90. The Morgan fingerprint density at radius 1 is 1.50 bits per heavy atom. The van der Waals surface area contributed by atoms with Crippen molar-refractivity contribution < 1.29 is 4.74 Å². The van der Waals surface area contributed by atoms with E-state index in [1.807, 2.05) is 0 Å². The maximum atomic E-state index is 5.78. The molecule has 2 rings (SSSR count). The van der Waals surface area contributed by atoms with Gasteiger partial charge >= 0.3 is 0 Å². The van der Waals surface area contributed by atoms with E-state index in [0.717, 1.165) is 38.8 Å². The number of nitrogens with zero attached hydrogens (tertiary/aromatic N) is 1. The number of nitrogens with one attached hydrogen (secondary N) is 1. The predicted octanol–water partition coefficient (Wildman–Crippen LogP) is -0.107. The van der Waals surface area contributed by atoms with Crippen molar-refractivity contribution in [2.24, 2.45) is 17.1 Å². The molecule has 0 aromatic rings. The number of nitrogens with two attached hydrogens (primary N) is 1. The third-order valence-corrected chi connectivity index (χ3v) is 3.90. The van der Waals surface area contributed by atoms with Crippen molar-refractivity contribution in [3.63, 3.8) is 0 Å². The minimum Gasteiger partial charge on any atom is -0.380 e. The second kappa shape index (κ2) is 5.45. The van der Waals surface area contributed by atoms with Crippen LogP contribution in [-0.2, 0) is 4.74 Å². The fraction of sp³-hybridized carbons (Fsp3) is 1.00. The normalized spacial score (nSPS) is 30.0. The van der Waals surface area contributed by atoms with Gasteiger partial charge in [0.05, 0.1) is 13.2 Å². The monoisotopic (exact) mass is 227 g/mol. The van der Waals surface area contributed by atoms with Gasteiger partial charge in [0.25, 0.3) is 0 Å². The molecule has 0 bridgehead atoms. The summed E-state index contributed by atoms with van der Waals surface area (Å²) in [7, 11) is 2.22. The average Bonchev–Trinajstić information content (AvgIpc) is 2.22. The number of piperidine rings is 1. The summed E-state index contributed by atoms with van der Waals surface area (Å²) in [6, 6.07) is 0. The zero-order valence-electron chi connectivity index (χ0n) is 10.4. The van der Waals surface area contributed by atoms with E-state index < -0.39 is 0 Å². The molecule has 0 radical (unpaired) electrons. The van der Waals surface area contributed by atoms with Gasteiger partial charge in [0.15, 0.2) is 0 Å². The lowest BCUT2D eigenvalue weighted by molar-refractivity contribution is -0.105. The van der Waals surface area contributed by atoms with Crippen molar-refractivity contribution in [2.75, 3.05) is 53.0 Å². The lowest BCUT2D eigenvalue weighted by Crippen LogP contribution is -2.55. The van der Waals surface area contributed by atoms with Crippen molar-refractivity contribution in [2.45, 2.75) is 12.8 Å². The van der Waals surface area contributed by atoms with Crippen LogP contribution in [-0.4, -0.2) is 57.9 Å². The SMILES string of the molecule is CN1CCCC(CNCC2(CN)COC2)C1. The van der Waals surface area contributed by atoms with Crippen LogP contribution in [0.15, 0.2) is 0 Å². The van der Waals surface area contributed by atoms with E-state index in [4.69, 9.17) is 10.5 Å². The molecule has 2 saturated heterocycles. The molecular formula is C12H25N3O. The molecule has 0 aliphatic carbocycles. The highest BCUT2D eigenvalue weighted by molar-refractivity contribution is 4.89. The van der Waals surface area contributed by atoms with Gasteiger partial charge in [-0.25, -0.2) is 0 Å². The third kappa shape index (κ3) is 2.94. The van der Waals surface area contributed by atoms with Gasteiger partial charge in [-0.1, -0.05) is 0 Å². The quantitative estimate of drug-likeness (QED) is 0.688. The summed E-state index contributed by atoms with van der Waals surface area (Å²) < 4.78 is 5.26. The van der Waals surface area contributed by atoms with Gasteiger partial charge in [-0.15, -0.1) is 0 Å². The van der Waals surface area contributed by atoms with Gasteiger partial charge in [-0.2, -0.15) is 0 Å². The predicted molar refractivity (Wildman–Crippen MR) is 65.4 cm³/mol. The van der Waals surface area contributed by atoms with Crippen LogP contribution in [0.1, 0.15) is 12.8 Å². The number of rotatable bonds is 5. The van der Waals surface area contributed by atoms with Gasteiger partial charge in [-0.05, 0) is 38.9 Å². The zero-order valence-corrected chi connectivity index (χ0v) is 10.4. The van der Waals surface area contributed by atoms with Gasteiger partial charge in [0, 0.05) is 25.0 Å². The van der Waals surface area contributed by atoms with E-state index in [1.165, 1.54) is 25.9 Å². The summed E-state index contributed by atoms with van der Waals surface area (Å²) in [4.78, 5) is 2.43. The fourth-order valence-electron chi connectivity index (χ4n) is 2.66. The molecule has 0 amide bonds. The molecule has 1 atom stereocenters. The Hall–Kier alpha value is -0.160. The molecule has 2 fully saturated rings. The van der Waals surface area contributed by atoms with Crippen molar-refractivity contribution in [1.82, 2.24) is 10.2 Å². The Bertz CT molecular complexity index is 213. The minimum absolute atomic E-state index is 0.237. The maximum Gasteiger partial charge on any atom is 0.0569 e. The molecule has 3 N–H and O–H groups in total. The molecule has 0 aromatic carbocycles. The zero-order chi connectivity index (χ0) is 11.4. The first-order valence-electron chi connectivity index (χ1n) is 6.41. The molecule has 16 heavy (non-hydrogen) atoms. The number of likely N-dealkylation sites (tertiary alicyclic amines) is 1. The average molecular weight is 227 g/mol. The first kappa shape index (κ1) is 12.3. The fourth-order valence-corrected chi connectivity index (χ4v) is 2.66. The van der Waals surface area contributed by atoms with E-state index in [2.05, 4.69) is 17.3 Å². The van der Waals surface area contributed by atoms with Crippen LogP contribution in [0.4, 0.5) is 0 Å². The highest BCUT2D eigenvalue weighted by Crippen LogP contribution is 2.25. The van der Waals surface area contributed by atoms with Gasteiger partial charge in [-0.3, -0.25) is 0 Å². The van der Waals surface area contributed by atoms with Gasteiger partial charge in [0.1, 0.15) is 0 Å². The van der Waals surface area contributed by atoms with E-state index in [-0.39, 0.29) is 5.41 Å². The molecule has 2 aliphatic rings. The highest BCUT2D eigenvalue weighted by Gasteiger charge is 2.36. The maximum absolute atomic E-state index is 5.78. The molecule has 94 valence electrons. The molecule has 0 spiro atoms. The highest BCUT2D eigenvalue weighted by atomic mass is 16.5. The Kier molecular flexibility index (Phi) is 4.19. The van der Waals surface area contributed by atoms with Crippen LogP contribution in [0.3, 0.4) is 0 Å². The molecule has 0 saturated carbocycles. The van der Waals surface area contributed by atoms with Crippen LogP contribution in [0.2, 0.25) is 0 Å². The molecule has 1 unspecified atom stereocenters. The molecule has 2 heterocycles. The summed E-state index contributed by atoms with van der Waals surface area (Å²) in [5.74, 6) is 0.814. The first-order valence-corrected chi connectivity index (χ1v) is 6.41. The Labute approximate surface area is 98.5 Å². The molecule has 2 aliphatic heterocycles. The Morgan fingerprint density at radius 3 is 2.88 bits per heavy atom. The van der Waals surface area contributed by atoms with E-state index in [0.29, 0.717) is 0 Å². The number of ether oxygens (including phenoxy) is 1. The van der Waals surface area contributed by atoms with Crippen molar-refractivity contribution in [1.29, 1.82) is 0 Å². The summed E-state index contributed by atoms with van der Waals surface area (Å²) in [6.07, 6.45) is 2.71. The second-order valence-corrected chi connectivity index (χ2v) is 5.60. The topological polar surface area (TPSA) is 50.5 Å². The summed E-state index contributed by atoms with van der Waals surface area (Å²) in [5, 5.41) is 3.58.